The molecule has 5 aromatic carbocycles. The number of carbonyl (C=O) groups excluding carboxylic acids is 2. The molecule has 37 heavy (non-hydrogen) atoms. The average Bonchev–Trinajstić information content (AvgIpc) is 2.96. The number of anilines is 3. The topological polar surface area (TPSA) is 58.6 Å². The molecular weight excluding hydrogens is 460 g/mol. The lowest BCUT2D eigenvalue weighted by Crippen LogP contribution is -2.28. The summed E-state index contributed by atoms with van der Waals surface area (Å²) >= 11 is 0. The minimum absolute atomic E-state index is 0.286. The van der Waals surface area contributed by atoms with Gasteiger partial charge in [0, 0.05) is 17.1 Å². The van der Waals surface area contributed by atoms with Crippen LogP contribution in [0.2, 0.25) is 0 Å². The van der Waals surface area contributed by atoms with Crippen LogP contribution in [0.4, 0.5) is 17.1 Å². The first-order valence-corrected chi connectivity index (χ1v) is 11.9. The van der Waals surface area contributed by atoms with E-state index in [-0.39, 0.29) is 17.4 Å². The Balaban J connectivity index is 1.39. The van der Waals surface area contributed by atoms with Crippen molar-refractivity contribution in [3.8, 4) is 11.5 Å². The van der Waals surface area contributed by atoms with E-state index in [9.17, 15) is 9.59 Å². The number of hydrogen-bond donors (Lipinski definition) is 1. The molecule has 1 N–H and O–H groups in total. The van der Waals surface area contributed by atoms with Gasteiger partial charge in [0.1, 0.15) is 11.5 Å². The van der Waals surface area contributed by atoms with Crippen LogP contribution in [0.25, 0.3) is 0 Å². The van der Waals surface area contributed by atoms with Gasteiger partial charge < -0.3 is 10.1 Å². The van der Waals surface area contributed by atoms with Gasteiger partial charge >= 0.3 is 0 Å². The Kier molecular flexibility index (Phi) is 7.04. The van der Waals surface area contributed by atoms with Crippen molar-refractivity contribution in [2.45, 2.75) is 0 Å². The van der Waals surface area contributed by atoms with Crippen molar-refractivity contribution >= 4 is 28.9 Å². The van der Waals surface area contributed by atoms with E-state index < -0.39 is 0 Å². The highest BCUT2D eigenvalue weighted by Crippen LogP contribution is 2.29. The predicted octanol–water partition coefficient (Wildman–Crippen LogP) is 7.71. The minimum Gasteiger partial charge on any atom is -0.457 e. The summed E-state index contributed by atoms with van der Waals surface area (Å²) < 4.78 is 5.82. The Morgan fingerprint density at radius 1 is 0.514 bits per heavy atom. The summed E-state index contributed by atoms with van der Waals surface area (Å²) in [5.74, 6) is 0.714. The molecule has 0 heterocycles. The third-order valence-corrected chi connectivity index (χ3v) is 5.73. The van der Waals surface area contributed by atoms with Crippen molar-refractivity contribution in [1.82, 2.24) is 0 Å². The fourth-order valence-electron chi connectivity index (χ4n) is 3.96. The van der Waals surface area contributed by atoms with Crippen LogP contribution in [0.5, 0.6) is 11.5 Å². The third kappa shape index (κ3) is 5.57. The Morgan fingerprint density at radius 2 is 0.973 bits per heavy atom. The molecule has 5 nitrogen and oxygen atoms in total. The fraction of sp³-hybridized carbons (Fsp3) is 0. The summed E-state index contributed by atoms with van der Waals surface area (Å²) in [4.78, 5) is 28.8. The Bertz CT molecular complexity index is 1450. The number of hydrogen-bond acceptors (Lipinski definition) is 3. The third-order valence-electron chi connectivity index (χ3n) is 5.73. The van der Waals surface area contributed by atoms with Crippen LogP contribution in [0.1, 0.15) is 20.7 Å². The van der Waals surface area contributed by atoms with E-state index in [4.69, 9.17) is 4.74 Å². The van der Waals surface area contributed by atoms with E-state index >= 15 is 0 Å². The van der Waals surface area contributed by atoms with Gasteiger partial charge in [-0.2, -0.15) is 0 Å². The summed E-state index contributed by atoms with van der Waals surface area (Å²) in [5.41, 5.74) is 2.60. The molecule has 0 aliphatic carbocycles. The number of amides is 2. The molecule has 0 aliphatic rings. The number of rotatable bonds is 7. The Hall–Kier alpha value is -5.16. The standard InChI is InChI=1S/C32H24N2O3/c35-31(33-24-20-22-28(23-21-24)37-27-16-8-3-9-17-27)29-18-10-11-19-30(29)32(36)34(25-12-4-1-5-13-25)26-14-6-2-7-15-26/h1-23H,(H,33,35). The van der Waals surface area contributed by atoms with Crippen LogP contribution < -0.4 is 15.0 Å². The van der Waals surface area contributed by atoms with Crippen LogP contribution in [-0.4, -0.2) is 11.8 Å². The number of para-hydroxylation sites is 3. The highest BCUT2D eigenvalue weighted by Gasteiger charge is 2.24. The molecule has 0 bridgehead atoms. The first-order valence-electron chi connectivity index (χ1n) is 11.9. The van der Waals surface area contributed by atoms with Crippen molar-refractivity contribution in [2.24, 2.45) is 0 Å². The second-order valence-corrected chi connectivity index (χ2v) is 8.25. The zero-order chi connectivity index (χ0) is 25.5. The van der Waals surface area contributed by atoms with Gasteiger partial charge in [-0.1, -0.05) is 66.7 Å². The first-order chi connectivity index (χ1) is 18.2. The van der Waals surface area contributed by atoms with E-state index in [1.807, 2.05) is 91.0 Å². The van der Waals surface area contributed by atoms with Crippen molar-refractivity contribution < 1.29 is 14.3 Å². The quantitative estimate of drug-likeness (QED) is 0.257. The first kappa shape index (κ1) is 23.6. The molecule has 0 spiro atoms. The number of ether oxygens (including phenoxy) is 1. The number of nitrogens with zero attached hydrogens (tertiary/aromatic N) is 1. The van der Waals surface area contributed by atoms with Crippen LogP contribution in [-0.2, 0) is 0 Å². The SMILES string of the molecule is O=C(Nc1ccc(Oc2ccccc2)cc1)c1ccccc1C(=O)N(c1ccccc1)c1ccccc1. The molecule has 5 rings (SSSR count). The molecule has 0 radical (unpaired) electrons. The minimum atomic E-state index is -0.373. The summed E-state index contributed by atoms with van der Waals surface area (Å²) in [6.45, 7) is 0. The van der Waals surface area contributed by atoms with Crippen molar-refractivity contribution in [2.75, 3.05) is 10.2 Å². The fourth-order valence-corrected chi connectivity index (χ4v) is 3.96. The molecule has 2 amide bonds. The normalized spacial score (nSPS) is 10.4. The van der Waals surface area contributed by atoms with E-state index in [0.717, 1.165) is 5.75 Å². The van der Waals surface area contributed by atoms with Crippen molar-refractivity contribution in [3.63, 3.8) is 0 Å². The molecule has 0 atom stereocenters. The molecule has 0 unspecified atom stereocenters. The molecule has 0 aromatic heterocycles. The highest BCUT2D eigenvalue weighted by molar-refractivity contribution is 6.18. The summed E-state index contributed by atoms with van der Waals surface area (Å²) in [5, 5.41) is 2.90. The molecule has 0 saturated carbocycles. The summed E-state index contributed by atoms with van der Waals surface area (Å²) in [6, 6.07) is 42.2. The van der Waals surface area contributed by atoms with Gasteiger partial charge in [0.25, 0.3) is 11.8 Å². The number of benzene rings is 5. The van der Waals surface area contributed by atoms with Crippen LogP contribution in [0.3, 0.4) is 0 Å². The lowest BCUT2D eigenvalue weighted by atomic mass is 10.0. The largest absolute Gasteiger partial charge is 0.457 e. The highest BCUT2D eigenvalue weighted by atomic mass is 16.5. The maximum absolute atomic E-state index is 13.9. The molecule has 0 saturated heterocycles. The molecule has 180 valence electrons. The lowest BCUT2D eigenvalue weighted by molar-refractivity contribution is 0.0976. The summed E-state index contributed by atoms with van der Waals surface area (Å²) in [6.07, 6.45) is 0. The van der Waals surface area contributed by atoms with Gasteiger partial charge in [-0.05, 0) is 72.8 Å². The maximum atomic E-state index is 13.9. The van der Waals surface area contributed by atoms with Crippen LogP contribution in [0.15, 0.2) is 140 Å². The maximum Gasteiger partial charge on any atom is 0.263 e. The predicted molar refractivity (Wildman–Crippen MR) is 147 cm³/mol. The summed E-state index contributed by atoms with van der Waals surface area (Å²) in [7, 11) is 0. The zero-order valence-electron chi connectivity index (χ0n) is 20.0. The van der Waals surface area contributed by atoms with Gasteiger partial charge in [0.15, 0.2) is 0 Å². The van der Waals surface area contributed by atoms with E-state index in [1.54, 1.807) is 53.4 Å². The van der Waals surface area contributed by atoms with Crippen LogP contribution in [0, 0.1) is 0 Å². The smallest absolute Gasteiger partial charge is 0.263 e. The lowest BCUT2D eigenvalue weighted by Gasteiger charge is -2.24. The van der Waals surface area contributed by atoms with Gasteiger partial charge in [0.2, 0.25) is 0 Å². The van der Waals surface area contributed by atoms with Gasteiger partial charge in [0.05, 0.1) is 11.1 Å². The van der Waals surface area contributed by atoms with E-state index in [2.05, 4.69) is 5.32 Å². The van der Waals surface area contributed by atoms with Crippen LogP contribution >= 0.6 is 0 Å². The molecule has 5 aromatic rings. The molecule has 0 fully saturated rings. The van der Waals surface area contributed by atoms with Crippen molar-refractivity contribution in [1.29, 1.82) is 0 Å². The van der Waals surface area contributed by atoms with E-state index in [0.29, 0.717) is 28.4 Å². The average molecular weight is 485 g/mol. The zero-order valence-corrected chi connectivity index (χ0v) is 20.0. The molecular formula is C32H24N2O3. The second-order valence-electron chi connectivity index (χ2n) is 8.25. The monoisotopic (exact) mass is 484 g/mol. The molecule has 5 heteroatoms. The Labute approximate surface area is 215 Å². The van der Waals surface area contributed by atoms with Crippen molar-refractivity contribution in [3.05, 3.63) is 151 Å². The second kappa shape index (κ2) is 11.1. The van der Waals surface area contributed by atoms with Gasteiger partial charge in [-0.25, -0.2) is 0 Å². The number of carbonyl (C=O) groups is 2. The van der Waals surface area contributed by atoms with Gasteiger partial charge in [-0.15, -0.1) is 0 Å². The Morgan fingerprint density at radius 3 is 1.54 bits per heavy atom. The van der Waals surface area contributed by atoms with E-state index in [1.165, 1.54) is 0 Å². The molecule has 0 aliphatic heterocycles. The number of nitrogens with one attached hydrogen (secondary N) is 1. The van der Waals surface area contributed by atoms with Gasteiger partial charge in [-0.3, -0.25) is 14.5 Å².